The maximum absolute atomic E-state index is 12.2. The molecule has 5 nitrogen and oxygen atoms in total. The fourth-order valence-corrected chi connectivity index (χ4v) is 3.16. The SMILES string of the molecule is Nc1nc(CCCNC(=O)[C@H]2COc3ccccc3C2)cs1. The Morgan fingerprint density at radius 1 is 1.45 bits per heavy atom. The molecule has 1 aromatic heterocycles. The van der Waals surface area contributed by atoms with Crippen LogP contribution in [-0.4, -0.2) is 24.0 Å². The lowest BCUT2D eigenvalue weighted by Crippen LogP contribution is -2.37. The van der Waals surface area contributed by atoms with Crippen LogP contribution in [0.2, 0.25) is 0 Å². The van der Waals surface area contributed by atoms with Gasteiger partial charge >= 0.3 is 0 Å². The largest absolute Gasteiger partial charge is 0.492 e. The highest BCUT2D eigenvalue weighted by Crippen LogP contribution is 2.26. The van der Waals surface area contributed by atoms with E-state index in [0.29, 0.717) is 18.3 Å². The predicted octanol–water partition coefficient (Wildman–Crippen LogP) is 2.03. The van der Waals surface area contributed by atoms with Gasteiger partial charge in [0, 0.05) is 11.9 Å². The summed E-state index contributed by atoms with van der Waals surface area (Å²) in [7, 11) is 0. The molecule has 0 unspecified atom stereocenters. The van der Waals surface area contributed by atoms with Crippen molar-refractivity contribution in [2.24, 2.45) is 5.92 Å². The molecule has 0 radical (unpaired) electrons. The van der Waals surface area contributed by atoms with Crippen molar-refractivity contribution >= 4 is 22.4 Å². The third kappa shape index (κ3) is 3.57. The van der Waals surface area contributed by atoms with E-state index in [1.165, 1.54) is 11.3 Å². The van der Waals surface area contributed by atoms with Crippen LogP contribution in [0.5, 0.6) is 5.75 Å². The molecule has 22 heavy (non-hydrogen) atoms. The Balaban J connectivity index is 1.43. The average molecular weight is 317 g/mol. The summed E-state index contributed by atoms with van der Waals surface area (Å²) in [5.74, 6) is 0.852. The van der Waals surface area contributed by atoms with Crippen LogP contribution in [0.25, 0.3) is 0 Å². The Morgan fingerprint density at radius 2 is 2.32 bits per heavy atom. The van der Waals surface area contributed by atoms with Gasteiger partial charge in [0.1, 0.15) is 12.4 Å². The summed E-state index contributed by atoms with van der Waals surface area (Å²) in [6.45, 7) is 1.10. The minimum absolute atomic E-state index is 0.0623. The highest BCUT2D eigenvalue weighted by atomic mass is 32.1. The first kappa shape index (κ1) is 14.8. The number of fused-ring (bicyclic) bond motifs is 1. The van der Waals surface area contributed by atoms with Gasteiger partial charge in [0.05, 0.1) is 11.6 Å². The van der Waals surface area contributed by atoms with Crippen molar-refractivity contribution in [3.05, 3.63) is 40.9 Å². The second-order valence-electron chi connectivity index (χ2n) is 5.39. The minimum Gasteiger partial charge on any atom is -0.492 e. The molecular weight excluding hydrogens is 298 g/mol. The van der Waals surface area contributed by atoms with E-state index in [0.717, 1.165) is 36.3 Å². The zero-order chi connectivity index (χ0) is 15.4. The minimum atomic E-state index is -0.107. The number of rotatable bonds is 5. The molecule has 1 aromatic carbocycles. The molecule has 3 N–H and O–H groups in total. The number of thiazole rings is 1. The lowest BCUT2D eigenvalue weighted by molar-refractivity contribution is -0.126. The van der Waals surface area contributed by atoms with Gasteiger partial charge in [-0.25, -0.2) is 4.98 Å². The number of para-hydroxylation sites is 1. The quantitative estimate of drug-likeness (QED) is 0.827. The molecule has 6 heteroatoms. The number of carbonyl (C=O) groups is 1. The normalized spacial score (nSPS) is 16.6. The van der Waals surface area contributed by atoms with Crippen molar-refractivity contribution in [2.45, 2.75) is 19.3 Å². The standard InChI is InChI=1S/C16H19N3O2S/c17-16-19-13(10-22-16)5-3-7-18-15(20)12-8-11-4-1-2-6-14(11)21-9-12/h1-2,4,6,10,12H,3,5,7-9H2,(H2,17,19)(H,18,20)/t12-/m1/s1. The smallest absolute Gasteiger partial charge is 0.226 e. The molecule has 2 heterocycles. The maximum Gasteiger partial charge on any atom is 0.226 e. The molecule has 1 amide bonds. The van der Waals surface area contributed by atoms with Crippen LogP contribution in [0.15, 0.2) is 29.6 Å². The number of ether oxygens (including phenoxy) is 1. The Hall–Kier alpha value is -2.08. The molecule has 0 fully saturated rings. The Kier molecular flexibility index (Phi) is 4.58. The number of aryl methyl sites for hydroxylation is 1. The monoisotopic (exact) mass is 317 g/mol. The topological polar surface area (TPSA) is 77.2 Å². The van der Waals surface area contributed by atoms with Gasteiger partial charge in [-0.15, -0.1) is 11.3 Å². The molecule has 0 aliphatic carbocycles. The summed E-state index contributed by atoms with van der Waals surface area (Å²) >= 11 is 1.45. The van der Waals surface area contributed by atoms with Crippen molar-refractivity contribution < 1.29 is 9.53 Å². The second-order valence-corrected chi connectivity index (χ2v) is 6.28. The number of nitrogens with one attached hydrogen (secondary N) is 1. The number of benzene rings is 1. The third-order valence-electron chi connectivity index (χ3n) is 3.73. The van der Waals surface area contributed by atoms with Gasteiger partial charge in [-0.1, -0.05) is 18.2 Å². The van der Waals surface area contributed by atoms with Crippen LogP contribution < -0.4 is 15.8 Å². The summed E-state index contributed by atoms with van der Waals surface area (Å²) in [5.41, 5.74) is 7.69. The van der Waals surface area contributed by atoms with Gasteiger partial charge in [-0.05, 0) is 30.9 Å². The molecule has 1 aliphatic heterocycles. The van der Waals surface area contributed by atoms with Crippen molar-refractivity contribution in [1.82, 2.24) is 10.3 Å². The number of anilines is 1. The summed E-state index contributed by atoms with van der Waals surface area (Å²) in [6.07, 6.45) is 2.43. The fourth-order valence-electron chi connectivity index (χ4n) is 2.56. The van der Waals surface area contributed by atoms with Gasteiger partial charge < -0.3 is 15.8 Å². The van der Waals surface area contributed by atoms with Crippen molar-refractivity contribution in [1.29, 1.82) is 0 Å². The van der Waals surface area contributed by atoms with Crippen LogP contribution in [0.4, 0.5) is 5.13 Å². The number of nitrogens with two attached hydrogens (primary N) is 1. The zero-order valence-corrected chi connectivity index (χ0v) is 13.1. The van der Waals surface area contributed by atoms with E-state index in [2.05, 4.69) is 10.3 Å². The fraction of sp³-hybridized carbons (Fsp3) is 0.375. The van der Waals surface area contributed by atoms with E-state index in [1.54, 1.807) is 0 Å². The summed E-state index contributed by atoms with van der Waals surface area (Å²) in [4.78, 5) is 16.4. The van der Waals surface area contributed by atoms with E-state index < -0.39 is 0 Å². The molecule has 0 spiro atoms. The first-order valence-corrected chi connectivity index (χ1v) is 8.28. The van der Waals surface area contributed by atoms with Crippen LogP contribution in [0.1, 0.15) is 17.7 Å². The molecule has 0 saturated heterocycles. The van der Waals surface area contributed by atoms with Gasteiger partial charge in [0.15, 0.2) is 5.13 Å². The van der Waals surface area contributed by atoms with Gasteiger partial charge in [-0.3, -0.25) is 4.79 Å². The Labute approximate surface area is 133 Å². The molecule has 0 saturated carbocycles. The van der Waals surface area contributed by atoms with Gasteiger partial charge in [-0.2, -0.15) is 0 Å². The van der Waals surface area contributed by atoms with E-state index >= 15 is 0 Å². The number of amides is 1. The summed E-state index contributed by atoms with van der Waals surface area (Å²) in [6, 6.07) is 7.89. The van der Waals surface area contributed by atoms with Crippen LogP contribution in [0.3, 0.4) is 0 Å². The summed E-state index contributed by atoms with van der Waals surface area (Å²) in [5, 5.41) is 5.54. The predicted molar refractivity (Wildman–Crippen MR) is 87.0 cm³/mol. The van der Waals surface area contributed by atoms with Crippen molar-refractivity contribution in [3.8, 4) is 5.75 Å². The number of hydrogen-bond donors (Lipinski definition) is 2. The summed E-state index contributed by atoms with van der Waals surface area (Å²) < 4.78 is 5.65. The van der Waals surface area contributed by atoms with Crippen LogP contribution in [-0.2, 0) is 17.6 Å². The van der Waals surface area contributed by atoms with E-state index in [9.17, 15) is 4.79 Å². The first-order valence-electron chi connectivity index (χ1n) is 7.40. The Morgan fingerprint density at radius 3 is 3.14 bits per heavy atom. The molecular formula is C16H19N3O2S. The average Bonchev–Trinajstić information content (AvgIpc) is 2.96. The Bertz CT molecular complexity index is 656. The molecule has 0 bridgehead atoms. The van der Waals surface area contributed by atoms with E-state index in [-0.39, 0.29) is 11.8 Å². The first-order chi connectivity index (χ1) is 10.7. The van der Waals surface area contributed by atoms with Gasteiger partial charge in [0.25, 0.3) is 0 Å². The molecule has 1 aliphatic rings. The maximum atomic E-state index is 12.2. The molecule has 1 atom stereocenters. The number of nitrogen functional groups attached to an aromatic ring is 1. The lowest BCUT2D eigenvalue weighted by atomic mass is 9.96. The third-order valence-corrected chi connectivity index (χ3v) is 4.45. The zero-order valence-electron chi connectivity index (χ0n) is 12.2. The van der Waals surface area contributed by atoms with Crippen molar-refractivity contribution in [3.63, 3.8) is 0 Å². The second kappa shape index (κ2) is 6.79. The van der Waals surface area contributed by atoms with Crippen LogP contribution >= 0.6 is 11.3 Å². The van der Waals surface area contributed by atoms with E-state index in [4.69, 9.17) is 10.5 Å². The molecule has 2 aromatic rings. The number of aromatic nitrogens is 1. The lowest BCUT2D eigenvalue weighted by Gasteiger charge is -2.24. The highest BCUT2D eigenvalue weighted by molar-refractivity contribution is 7.13. The number of nitrogens with zero attached hydrogens (tertiary/aromatic N) is 1. The molecule has 116 valence electrons. The number of carbonyl (C=O) groups excluding carboxylic acids is 1. The molecule has 3 rings (SSSR count). The highest BCUT2D eigenvalue weighted by Gasteiger charge is 2.25. The van der Waals surface area contributed by atoms with Crippen molar-refractivity contribution in [2.75, 3.05) is 18.9 Å². The number of hydrogen-bond acceptors (Lipinski definition) is 5. The van der Waals surface area contributed by atoms with Gasteiger partial charge in [0.2, 0.25) is 5.91 Å². The van der Waals surface area contributed by atoms with Crippen LogP contribution in [0, 0.1) is 5.92 Å². The van der Waals surface area contributed by atoms with E-state index in [1.807, 2.05) is 29.6 Å².